The number of halogens is 1. The molecule has 0 aliphatic carbocycles. The molecule has 1 aliphatic heterocycles. The van der Waals surface area contributed by atoms with Crippen molar-refractivity contribution >= 4 is 39.1 Å². The zero-order valence-corrected chi connectivity index (χ0v) is 13.3. The van der Waals surface area contributed by atoms with Gasteiger partial charge in [-0.1, -0.05) is 22.0 Å². The lowest BCUT2D eigenvalue weighted by Gasteiger charge is -2.23. The van der Waals surface area contributed by atoms with Crippen LogP contribution in [0.3, 0.4) is 0 Å². The number of ether oxygens (including phenoxy) is 1. The van der Waals surface area contributed by atoms with E-state index >= 15 is 0 Å². The van der Waals surface area contributed by atoms with Crippen LogP contribution in [0.1, 0.15) is 17.3 Å². The van der Waals surface area contributed by atoms with Crippen molar-refractivity contribution in [2.45, 2.75) is 13.0 Å². The molecule has 2 N–H and O–H groups in total. The Kier molecular flexibility index (Phi) is 3.85. The van der Waals surface area contributed by atoms with Gasteiger partial charge in [-0.05, 0) is 43.3 Å². The van der Waals surface area contributed by atoms with Crippen molar-refractivity contribution in [2.75, 3.05) is 10.6 Å². The van der Waals surface area contributed by atoms with Gasteiger partial charge in [0.15, 0.2) is 6.10 Å². The number of hydrogen-bond acceptors (Lipinski definition) is 3. The molecule has 2 aromatic carbocycles. The summed E-state index contributed by atoms with van der Waals surface area (Å²) in [6.07, 6.45) is -0.519. The molecular formula is C16H13BrN2O3. The summed E-state index contributed by atoms with van der Waals surface area (Å²) in [5.74, 6) is 0.160. The summed E-state index contributed by atoms with van der Waals surface area (Å²) in [5.41, 5.74) is 1.68. The van der Waals surface area contributed by atoms with E-state index in [4.69, 9.17) is 4.74 Å². The highest BCUT2D eigenvalue weighted by Gasteiger charge is 2.23. The Morgan fingerprint density at radius 1 is 1.27 bits per heavy atom. The van der Waals surface area contributed by atoms with E-state index in [1.807, 2.05) is 6.07 Å². The van der Waals surface area contributed by atoms with Gasteiger partial charge in [0.05, 0.1) is 5.69 Å². The number of fused-ring (bicyclic) bond motifs is 1. The van der Waals surface area contributed by atoms with Crippen molar-refractivity contribution in [3.63, 3.8) is 0 Å². The third-order valence-corrected chi connectivity index (χ3v) is 3.75. The number of hydrogen-bond donors (Lipinski definition) is 2. The van der Waals surface area contributed by atoms with E-state index in [0.717, 1.165) is 4.47 Å². The number of benzene rings is 2. The van der Waals surface area contributed by atoms with E-state index in [1.165, 1.54) is 0 Å². The molecule has 2 aromatic rings. The normalized spacial score (nSPS) is 16.3. The second-order valence-corrected chi connectivity index (χ2v) is 5.84. The van der Waals surface area contributed by atoms with Crippen LogP contribution < -0.4 is 15.4 Å². The largest absolute Gasteiger partial charge is 0.479 e. The number of rotatable bonds is 2. The maximum Gasteiger partial charge on any atom is 0.265 e. The van der Waals surface area contributed by atoms with E-state index in [-0.39, 0.29) is 11.8 Å². The predicted molar refractivity (Wildman–Crippen MR) is 87.3 cm³/mol. The topological polar surface area (TPSA) is 67.4 Å². The zero-order valence-electron chi connectivity index (χ0n) is 11.7. The fourth-order valence-corrected chi connectivity index (χ4v) is 2.52. The minimum atomic E-state index is -0.519. The molecule has 2 amide bonds. The first kappa shape index (κ1) is 14.6. The van der Waals surface area contributed by atoms with E-state index in [0.29, 0.717) is 22.7 Å². The molecule has 0 radical (unpaired) electrons. The van der Waals surface area contributed by atoms with Crippen LogP contribution in [0.15, 0.2) is 46.9 Å². The SMILES string of the molecule is CC1Oc2ccc(NC(=O)c3cccc(Br)c3)cc2NC1=O. The minimum Gasteiger partial charge on any atom is -0.479 e. The van der Waals surface area contributed by atoms with E-state index < -0.39 is 6.10 Å². The summed E-state index contributed by atoms with van der Waals surface area (Å²) < 4.78 is 6.31. The van der Waals surface area contributed by atoms with Gasteiger partial charge in [0.2, 0.25) is 0 Å². The van der Waals surface area contributed by atoms with Crippen LogP contribution in [0, 0.1) is 0 Å². The van der Waals surface area contributed by atoms with Crippen LogP contribution in [0.25, 0.3) is 0 Å². The lowest BCUT2D eigenvalue weighted by atomic mass is 10.2. The maximum absolute atomic E-state index is 12.2. The van der Waals surface area contributed by atoms with Crippen LogP contribution >= 0.6 is 15.9 Å². The second kappa shape index (κ2) is 5.81. The zero-order chi connectivity index (χ0) is 15.7. The lowest BCUT2D eigenvalue weighted by molar-refractivity contribution is -0.122. The first-order valence-corrected chi connectivity index (χ1v) is 7.51. The van der Waals surface area contributed by atoms with Crippen molar-refractivity contribution in [1.29, 1.82) is 0 Å². The smallest absolute Gasteiger partial charge is 0.265 e. The Hall–Kier alpha value is -2.34. The average molecular weight is 361 g/mol. The molecule has 3 rings (SSSR count). The van der Waals surface area contributed by atoms with Crippen molar-refractivity contribution in [3.8, 4) is 5.75 Å². The maximum atomic E-state index is 12.2. The molecule has 1 unspecified atom stereocenters. The molecule has 6 heteroatoms. The van der Waals surface area contributed by atoms with Crippen LogP contribution in [-0.4, -0.2) is 17.9 Å². The van der Waals surface area contributed by atoms with Crippen molar-refractivity contribution in [2.24, 2.45) is 0 Å². The predicted octanol–water partition coefficient (Wildman–Crippen LogP) is 3.42. The Morgan fingerprint density at radius 2 is 2.09 bits per heavy atom. The highest BCUT2D eigenvalue weighted by Crippen LogP contribution is 2.32. The molecule has 0 spiro atoms. The first-order chi connectivity index (χ1) is 10.5. The third kappa shape index (κ3) is 2.96. The summed E-state index contributed by atoms with van der Waals surface area (Å²) in [7, 11) is 0. The fraction of sp³-hybridized carbons (Fsp3) is 0.125. The Bertz CT molecular complexity index is 761. The standard InChI is InChI=1S/C16H13BrN2O3/c1-9-15(20)19-13-8-12(5-6-14(13)22-9)18-16(21)10-3-2-4-11(17)7-10/h2-9H,1H3,(H,18,21)(H,19,20). The monoisotopic (exact) mass is 360 g/mol. The molecular weight excluding hydrogens is 348 g/mol. The van der Waals surface area contributed by atoms with Gasteiger partial charge in [0.1, 0.15) is 5.75 Å². The third-order valence-electron chi connectivity index (χ3n) is 3.26. The van der Waals surface area contributed by atoms with Gasteiger partial charge in [-0.25, -0.2) is 0 Å². The van der Waals surface area contributed by atoms with Gasteiger partial charge in [-0.3, -0.25) is 9.59 Å². The molecule has 0 saturated carbocycles. The van der Waals surface area contributed by atoms with Gasteiger partial charge >= 0.3 is 0 Å². The number of anilines is 2. The van der Waals surface area contributed by atoms with E-state index in [1.54, 1.807) is 43.3 Å². The highest BCUT2D eigenvalue weighted by molar-refractivity contribution is 9.10. The molecule has 1 atom stereocenters. The van der Waals surface area contributed by atoms with E-state index in [9.17, 15) is 9.59 Å². The van der Waals surface area contributed by atoms with Crippen LogP contribution in [0.4, 0.5) is 11.4 Å². The van der Waals surface area contributed by atoms with Gasteiger partial charge < -0.3 is 15.4 Å². The molecule has 0 bridgehead atoms. The average Bonchev–Trinajstić information content (AvgIpc) is 2.49. The van der Waals surface area contributed by atoms with E-state index in [2.05, 4.69) is 26.6 Å². The number of nitrogens with one attached hydrogen (secondary N) is 2. The molecule has 112 valence electrons. The lowest BCUT2D eigenvalue weighted by Crippen LogP contribution is -2.34. The number of amides is 2. The summed E-state index contributed by atoms with van der Waals surface area (Å²) in [4.78, 5) is 23.8. The Morgan fingerprint density at radius 3 is 2.86 bits per heavy atom. The van der Waals surface area contributed by atoms with Crippen molar-refractivity contribution in [1.82, 2.24) is 0 Å². The number of carbonyl (C=O) groups is 2. The van der Waals surface area contributed by atoms with Gasteiger partial charge in [0.25, 0.3) is 11.8 Å². The minimum absolute atomic E-state index is 0.206. The molecule has 22 heavy (non-hydrogen) atoms. The molecule has 0 fully saturated rings. The first-order valence-electron chi connectivity index (χ1n) is 6.71. The van der Waals surface area contributed by atoms with Crippen LogP contribution in [0.2, 0.25) is 0 Å². The fourth-order valence-electron chi connectivity index (χ4n) is 2.12. The van der Waals surface area contributed by atoms with Gasteiger partial charge in [-0.2, -0.15) is 0 Å². The molecule has 1 aliphatic rings. The second-order valence-electron chi connectivity index (χ2n) is 4.92. The van der Waals surface area contributed by atoms with Gasteiger partial charge in [0, 0.05) is 15.7 Å². The Balaban J connectivity index is 1.80. The molecule has 1 heterocycles. The van der Waals surface area contributed by atoms with Crippen molar-refractivity contribution in [3.05, 3.63) is 52.5 Å². The Labute approximate surface area is 135 Å². The van der Waals surface area contributed by atoms with Gasteiger partial charge in [-0.15, -0.1) is 0 Å². The quantitative estimate of drug-likeness (QED) is 0.861. The highest BCUT2D eigenvalue weighted by atomic mass is 79.9. The molecule has 0 aromatic heterocycles. The van der Waals surface area contributed by atoms with Crippen molar-refractivity contribution < 1.29 is 14.3 Å². The summed E-state index contributed by atoms with van der Waals surface area (Å²) in [6, 6.07) is 12.2. The van der Waals surface area contributed by atoms with Crippen LogP contribution in [0.5, 0.6) is 5.75 Å². The molecule has 5 nitrogen and oxygen atoms in total. The summed E-state index contributed by atoms with van der Waals surface area (Å²) >= 11 is 3.33. The van der Waals surface area contributed by atoms with Crippen LogP contribution in [-0.2, 0) is 4.79 Å². The molecule has 0 saturated heterocycles. The summed E-state index contributed by atoms with van der Waals surface area (Å²) in [6.45, 7) is 1.68. The number of carbonyl (C=O) groups excluding carboxylic acids is 2. The summed E-state index contributed by atoms with van der Waals surface area (Å²) in [5, 5.41) is 5.54.